The van der Waals surface area contributed by atoms with Crippen LogP contribution in [0.3, 0.4) is 0 Å². The molecule has 5 rings (SSSR count). The van der Waals surface area contributed by atoms with E-state index in [2.05, 4.69) is 54.8 Å². The lowest BCUT2D eigenvalue weighted by molar-refractivity contribution is 0.0697. The molecule has 4 heteroatoms. The molecule has 0 spiro atoms. The van der Waals surface area contributed by atoms with Gasteiger partial charge in [0.25, 0.3) is 0 Å². The highest BCUT2D eigenvalue weighted by Gasteiger charge is 2.22. The van der Waals surface area contributed by atoms with Gasteiger partial charge in [0.05, 0.1) is 11.6 Å². The van der Waals surface area contributed by atoms with E-state index in [4.69, 9.17) is 4.42 Å². The van der Waals surface area contributed by atoms with Crippen LogP contribution in [0.5, 0.6) is 0 Å². The second kappa shape index (κ2) is 8.99. The Morgan fingerprint density at radius 3 is 2.26 bits per heavy atom. The normalized spacial score (nSPS) is 11.1. The van der Waals surface area contributed by atoms with E-state index in [0.717, 1.165) is 57.4 Å². The van der Waals surface area contributed by atoms with Gasteiger partial charge in [0.15, 0.2) is 0 Å². The van der Waals surface area contributed by atoms with Crippen molar-refractivity contribution in [3.05, 3.63) is 102 Å². The van der Waals surface area contributed by atoms with Gasteiger partial charge in [-0.25, -0.2) is 9.37 Å². The number of carbonyl (C=O) groups is 1. The molecule has 1 aliphatic heterocycles. The summed E-state index contributed by atoms with van der Waals surface area (Å²) in [5.74, 6) is -0.212. The lowest BCUT2D eigenvalue weighted by Crippen LogP contribution is -2.29. The Balaban J connectivity index is 1.91. The molecule has 0 atom stereocenters. The molecule has 0 aromatic heterocycles. The lowest BCUT2D eigenvalue weighted by Gasteiger charge is -2.17. The number of fused-ring (bicyclic) bond motifs is 2. The van der Waals surface area contributed by atoms with Gasteiger partial charge in [-0.1, -0.05) is 54.6 Å². The first-order valence-corrected chi connectivity index (χ1v) is 11.6. The lowest BCUT2D eigenvalue weighted by atomic mass is 9.89. The Hall–Kier alpha value is -4.18. The van der Waals surface area contributed by atoms with Gasteiger partial charge < -0.3 is 9.52 Å². The summed E-state index contributed by atoms with van der Waals surface area (Å²) in [5, 5.41) is 11.9. The average molecular weight is 449 g/mol. The van der Waals surface area contributed by atoms with E-state index in [1.165, 1.54) is 0 Å². The molecule has 1 heterocycles. The van der Waals surface area contributed by atoms with Crippen molar-refractivity contribution in [3.8, 4) is 33.6 Å². The Morgan fingerprint density at radius 1 is 0.794 bits per heavy atom. The fraction of sp³-hybridized carbons (Fsp3) is 0.133. The number of aromatic carboxylic acids is 1. The van der Waals surface area contributed by atoms with Crippen LogP contribution in [-0.4, -0.2) is 24.2 Å². The van der Waals surface area contributed by atoms with Gasteiger partial charge in [-0.3, -0.25) is 0 Å². The molecule has 1 N–H and O–H groups in total. The zero-order valence-corrected chi connectivity index (χ0v) is 19.3. The van der Waals surface area contributed by atoms with E-state index >= 15 is 0 Å². The molecule has 0 fully saturated rings. The Bertz CT molecular complexity index is 1540. The zero-order valence-electron chi connectivity index (χ0n) is 19.3. The number of carboxylic acid groups (broad SMARTS) is 1. The van der Waals surface area contributed by atoms with Gasteiger partial charge in [0, 0.05) is 22.6 Å². The number of rotatable bonds is 5. The fourth-order valence-corrected chi connectivity index (χ4v) is 4.65. The molecular formula is C30H26NO3+. The van der Waals surface area contributed by atoms with Crippen LogP contribution < -0.4 is 9.93 Å². The second-order valence-electron chi connectivity index (χ2n) is 8.26. The van der Waals surface area contributed by atoms with Crippen molar-refractivity contribution in [2.24, 2.45) is 0 Å². The van der Waals surface area contributed by atoms with E-state index in [1.807, 2.05) is 42.5 Å². The molecular weight excluding hydrogens is 422 g/mol. The Labute approximate surface area is 198 Å². The summed E-state index contributed by atoms with van der Waals surface area (Å²) in [4.78, 5) is 12.1. The Kier molecular flexibility index (Phi) is 5.72. The van der Waals surface area contributed by atoms with Crippen molar-refractivity contribution in [1.29, 1.82) is 0 Å². The van der Waals surface area contributed by atoms with Crippen molar-refractivity contribution in [2.75, 3.05) is 13.1 Å². The minimum atomic E-state index is -0.948. The molecule has 4 nitrogen and oxygen atoms in total. The zero-order chi connectivity index (χ0) is 23.7. The number of benzene rings is 4. The van der Waals surface area contributed by atoms with Crippen molar-refractivity contribution in [3.63, 3.8) is 0 Å². The van der Waals surface area contributed by atoms with Crippen molar-refractivity contribution >= 4 is 16.9 Å². The van der Waals surface area contributed by atoms with Crippen molar-refractivity contribution in [1.82, 2.24) is 4.58 Å². The number of hydrogen-bond donors (Lipinski definition) is 1. The summed E-state index contributed by atoms with van der Waals surface area (Å²) < 4.78 is 8.67. The van der Waals surface area contributed by atoms with Gasteiger partial charge in [-0.05, 0) is 54.8 Å². The third-order valence-electron chi connectivity index (χ3n) is 6.37. The van der Waals surface area contributed by atoms with Gasteiger partial charge in [-0.2, -0.15) is 0 Å². The molecule has 0 saturated heterocycles. The van der Waals surface area contributed by atoms with E-state index < -0.39 is 5.97 Å². The fourth-order valence-electron chi connectivity index (χ4n) is 4.65. The van der Waals surface area contributed by atoms with Crippen LogP contribution in [0.1, 0.15) is 24.2 Å². The number of carboxylic acids is 1. The summed E-state index contributed by atoms with van der Waals surface area (Å²) in [7, 11) is 0. The number of nitrogens with zero attached hydrogens (tertiary/aromatic N) is 1. The molecule has 0 saturated carbocycles. The molecule has 0 unspecified atom stereocenters. The molecule has 0 radical (unpaired) electrons. The van der Waals surface area contributed by atoms with E-state index in [0.29, 0.717) is 5.56 Å². The SMILES string of the molecule is CC[N+](CC)=c1ccc2c(-c3ccccc3C(=O)O)c3cc(-c4ccccc4)ccc3oc-2c1. The second-order valence-corrected chi connectivity index (χ2v) is 8.26. The third kappa shape index (κ3) is 3.77. The van der Waals surface area contributed by atoms with Crippen LogP contribution in [-0.2, 0) is 0 Å². The molecule has 2 aliphatic rings. The molecule has 168 valence electrons. The monoisotopic (exact) mass is 448 g/mol. The maximum Gasteiger partial charge on any atom is 0.336 e. The predicted octanol–water partition coefficient (Wildman–Crippen LogP) is 6.38. The van der Waals surface area contributed by atoms with Crippen LogP contribution in [0.4, 0.5) is 0 Å². The minimum Gasteiger partial charge on any atom is -0.478 e. The van der Waals surface area contributed by atoms with Crippen LogP contribution >= 0.6 is 0 Å². The van der Waals surface area contributed by atoms with Gasteiger partial charge >= 0.3 is 5.97 Å². The first kappa shape index (κ1) is 21.7. The van der Waals surface area contributed by atoms with E-state index in [9.17, 15) is 9.90 Å². The van der Waals surface area contributed by atoms with Crippen LogP contribution in [0.15, 0.2) is 95.4 Å². The topological polar surface area (TPSA) is 53.5 Å². The van der Waals surface area contributed by atoms with Crippen LogP contribution in [0, 0.1) is 0 Å². The smallest absolute Gasteiger partial charge is 0.336 e. The van der Waals surface area contributed by atoms with Gasteiger partial charge in [-0.15, -0.1) is 0 Å². The average Bonchev–Trinajstić information content (AvgIpc) is 2.88. The molecule has 34 heavy (non-hydrogen) atoms. The highest BCUT2D eigenvalue weighted by atomic mass is 16.4. The minimum absolute atomic E-state index is 0.272. The van der Waals surface area contributed by atoms with E-state index in [-0.39, 0.29) is 5.56 Å². The first-order chi connectivity index (χ1) is 16.6. The molecule has 3 aromatic rings. The first-order valence-electron chi connectivity index (χ1n) is 11.6. The summed E-state index contributed by atoms with van der Waals surface area (Å²) in [6.07, 6.45) is 0. The number of hydrogen-bond acceptors (Lipinski definition) is 2. The maximum absolute atomic E-state index is 12.1. The van der Waals surface area contributed by atoms with E-state index in [1.54, 1.807) is 12.1 Å². The highest BCUT2D eigenvalue weighted by Crippen LogP contribution is 2.42. The standard InChI is InChI=1S/C30H25NO3/c1-3-31(4-2)22-15-16-25-28(19-22)34-27-17-14-21(20-10-6-5-7-11-20)18-26(27)29(25)23-12-8-9-13-24(23)30(32)33/h5-19H,3-4H2,1-2H3/p+1. The highest BCUT2D eigenvalue weighted by molar-refractivity contribution is 6.08. The summed E-state index contributed by atoms with van der Waals surface area (Å²) in [6.45, 7) is 6.05. The van der Waals surface area contributed by atoms with Crippen LogP contribution in [0.25, 0.3) is 44.5 Å². The summed E-state index contributed by atoms with van der Waals surface area (Å²) in [5.41, 5.74) is 5.59. The molecule has 0 bridgehead atoms. The largest absolute Gasteiger partial charge is 0.478 e. The molecule has 1 aliphatic carbocycles. The maximum atomic E-state index is 12.1. The van der Waals surface area contributed by atoms with Gasteiger partial charge in [0.2, 0.25) is 5.36 Å². The Morgan fingerprint density at radius 2 is 1.53 bits per heavy atom. The summed E-state index contributed by atoms with van der Waals surface area (Å²) in [6, 6.07) is 29.7. The predicted molar refractivity (Wildman–Crippen MR) is 137 cm³/mol. The van der Waals surface area contributed by atoms with Crippen molar-refractivity contribution in [2.45, 2.75) is 13.8 Å². The van der Waals surface area contributed by atoms with Gasteiger partial charge in [0.1, 0.15) is 24.4 Å². The molecule has 0 amide bonds. The quantitative estimate of drug-likeness (QED) is 0.251. The molecule has 3 aromatic carbocycles. The van der Waals surface area contributed by atoms with Crippen molar-refractivity contribution < 1.29 is 14.3 Å². The third-order valence-corrected chi connectivity index (χ3v) is 6.37. The van der Waals surface area contributed by atoms with Crippen LogP contribution in [0.2, 0.25) is 0 Å². The summed E-state index contributed by atoms with van der Waals surface area (Å²) >= 11 is 0.